The van der Waals surface area contributed by atoms with Gasteiger partial charge in [0.05, 0.1) is 19.9 Å². The van der Waals surface area contributed by atoms with E-state index in [4.69, 9.17) is 9.47 Å². The van der Waals surface area contributed by atoms with E-state index in [9.17, 15) is 4.79 Å². The number of hydrogen-bond donors (Lipinski definition) is 2. The number of carbonyl (C=O) groups excluding carboxylic acids is 1. The summed E-state index contributed by atoms with van der Waals surface area (Å²) < 4.78 is 10.5. The van der Waals surface area contributed by atoms with Gasteiger partial charge in [0.15, 0.2) is 5.82 Å². The van der Waals surface area contributed by atoms with Crippen molar-refractivity contribution >= 4 is 23.2 Å². The van der Waals surface area contributed by atoms with Crippen LogP contribution in [0.3, 0.4) is 0 Å². The largest absolute Gasteiger partial charge is 0.497 e. The van der Waals surface area contributed by atoms with Crippen LogP contribution in [0, 0.1) is 0 Å². The number of ether oxygens (including phenoxy) is 2. The predicted octanol–water partition coefficient (Wildman–Crippen LogP) is 4.41. The van der Waals surface area contributed by atoms with E-state index >= 15 is 0 Å². The normalized spacial score (nSPS) is 13.0. The van der Waals surface area contributed by atoms with Crippen LogP contribution in [0.25, 0.3) is 11.3 Å². The highest BCUT2D eigenvalue weighted by atomic mass is 16.5. The minimum Gasteiger partial charge on any atom is -0.497 e. The molecule has 0 unspecified atom stereocenters. The second-order valence-electron chi connectivity index (χ2n) is 7.15. The van der Waals surface area contributed by atoms with Crippen LogP contribution in [-0.4, -0.2) is 43.3 Å². The van der Waals surface area contributed by atoms with Gasteiger partial charge in [-0.1, -0.05) is 12.1 Å². The topological polar surface area (TPSA) is 88.6 Å². The number of hydrogen-bond acceptors (Lipinski definition) is 6. The first kappa shape index (κ1) is 20.5. The molecule has 0 bridgehead atoms. The van der Waals surface area contributed by atoms with Gasteiger partial charge in [0.25, 0.3) is 0 Å². The molecule has 2 amide bonds. The Morgan fingerprint density at radius 2 is 1.77 bits per heavy atom. The Morgan fingerprint density at radius 1 is 0.968 bits per heavy atom. The zero-order chi connectivity index (χ0) is 21.6. The molecule has 1 aliphatic rings. The lowest BCUT2D eigenvalue weighted by atomic mass is 10.1. The molecule has 0 spiro atoms. The smallest absolute Gasteiger partial charge is 0.323 e. The van der Waals surface area contributed by atoms with Crippen LogP contribution < -0.4 is 25.0 Å². The lowest BCUT2D eigenvalue weighted by molar-refractivity contribution is 0.262. The third-order valence-corrected chi connectivity index (χ3v) is 5.13. The van der Waals surface area contributed by atoms with E-state index in [2.05, 4.69) is 25.5 Å². The van der Waals surface area contributed by atoms with Crippen molar-refractivity contribution in [1.82, 2.24) is 9.97 Å². The fourth-order valence-corrected chi connectivity index (χ4v) is 3.64. The predicted molar refractivity (Wildman–Crippen MR) is 121 cm³/mol. The average Bonchev–Trinajstić information content (AvgIpc) is 3.34. The molecule has 8 heteroatoms. The van der Waals surface area contributed by atoms with E-state index in [1.165, 1.54) is 0 Å². The molecule has 4 rings (SSSR count). The van der Waals surface area contributed by atoms with E-state index in [0.29, 0.717) is 22.9 Å². The molecule has 2 heterocycles. The molecular formula is C23H25N5O3. The number of urea groups is 1. The molecule has 1 aromatic heterocycles. The molecule has 0 radical (unpaired) electrons. The fraction of sp³-hybridized carbons (Fsp3) is 0.261. The zero-order valence-corrected chi connectivity index (χ0v) is 17.6. The van der Waals surface area contributed by atoms with Crippen molar-refractivity contribution in [3.05, 3.63) is 54.9 Å². The van der Waals surface area contributed by atoms with Crippen molar-refractivity contribution in [2.75, 3.05) is 42.8 Å². The lowest BCUT2D eigenvalue weighted by Crippen LogP contribution is -2.20. The van der Waals surface area contributed by atoms with Crippen LogP contribution in [0.1, 0.15) is 12.8 Å². The number of anilines is 3. The van der Waals surface area contributed by atoms with E-state index in [0.717, 1.165) is 43.0 Å². The quantitative estimate of drug-likeness (QED) is 0.615. The lowest BCUT2D eigenvalue weighted by Gasteiger charge is -2.19. The number of aromatic nitrogens is 2. The summed E-state index contributed by atoms with van der Waals surface area (Å²) in [5, 5.41) is 5.68. The van der Waals surface area contributed by atoms with Crippen molar-refractivity contribution in [3.8, 4) is 22.8 Å². The molecule has 0 atom stereocenters. The van der Waals surface area contributed by atoms with Crippen molar-refractivity contribution < 1.29 is 14.3 Å². The van der Waals surface area contributed by atoms with Crippen LogP contribution in [0.2, 0.25) is 0 Å². The van der Waals surface area contributed by atoms with Crippen molar-refractivity contribution in [3.63, 3.8) is 0 Å². The van der Waals surface area contributed by atoms with Crippen LogP contribution in [0.5, 0.6) is 11.5 Å². The summed E-state index contributed by atoms with van der Waals surface area (Å²) in [6.45, 7) is 1.96. The highest BCUT2D eigenvalue weighted by Gasteiger charge is 2.19. The molecule has 1 saturated heterocycles. The van der Waals surface area contributed by atoms with Crippen molar-refractivity contribution in [2.24, 2.45) is 0 Å². The summed E-state index contributed by atoms with van der Waals surface area (Å²) in [6, 6.07) is 12.4. The highest BCUT2D eigenvalue weighted by Crippen LogP contribution is 2.31. The van der Waals surface area contributed by atoms with Crippen LogP contribution in [0.15, 0.2) is 54.9 Å². The standard InChI is InChI=1S/C23H25N5O3/c1-30-18-8-9-20(31-2)19(15-18)27-23(29)26-17-7-5-6-16(14-17)21-22(25-11-10-24-21)28-12-3-4-13-28/h5-11,14-15H,3-4,12-13H2,1-2H3,(H2,26,27,29). The number of nitrogens with one attached hydrogen (secondary N) is 2. The van der Waals surface area contributed by atoms with Gasteiger partial charge < -0.3 is 25.0 Å². The maximum atomic E-state index is 12.6. The van der Waals surface area contributed by atoms with Gasteiger partial charge in [-0.15, -0.1) is 0 Å². The van der Waals surface area contributed by atoms with Gasteiger partial charge in [-0.05, 0) is 37.1 Å². The molecule has 8 nitrogen and oxygen atoms in total. The molecular weight excluding hydrogens is 394 g/mol. The van der Waals surface area contributed by atoms with E-state index in [1.54, 1.807) is 44.8 Å². The Labute approximate surface area is 181 Å². The molecule has 2 aromatic carbocycles. The number of carbonyl (C=O) groups is 1. The number of amides is 2. The van der Waals surface area contributed by atoms with Gasteiger partial charge in [-0.2, -0.15) is 0 Å². The number of methoxy groups -OCH3 is 2. The highest BCUT2D eigenvalue weighted by molar-refractivity contribution is 6.01. The molecule has 2 N–H and O–H groups in total. The molecule has 0 aliphatic carbocycles. The SMILES string of the molecule is COc1ccc(OC)c(NC(=O)Nc2cccc(-c3nccnc3N3CCCC3)c2)c1. The Bertz CT molecular complexity index is 1070. The summed E-state index contributed by atoms with van der Waals surface area (Å²) in [6.07, 6.45) is 5.72. The molecule has 160 valence electrons. The van der Waals surface area contributed by atoms with Gasteiger partial charge in [-0.25, -0.2) is 9.78 Å². The summed E-state index contributed by atoms with van der Waals surface area (Å²) in [5.74, 6) is 2.04. The van der Waals surface area contributed by atoms with E-state index in [1.807, 2.05) is 24.3 Å². The summed E-state index contributed by atoms with van der Waals surface area (Å²) in [5.41, 5.74) is 2.87. The fourth-order valence-electron chi connectivity index (χ4n) is 3.64. The number of benzene rings is 2. The van der Waals surface area contributed by atoms with Crippen LogP contribution >= 0.6 is 0 Å². The summed E-state index contributed by atoms with van der Waals surface area (Å²) >= 11 is 0. The average molecular weight is 419 g/mol. The molecule has 3 aromatic rings. The van der Waals surface area contributed by atoms with Gasteiger partial charge in [0, 0.05) is 42.8 Å². The van der Waals surface area contributed by atoms with Gasteiger partial charge in [0.1, 0.15) is 17.2 Å². The van der Waals surface area contributed by atoms with Gasteiger partial charge in [-0.3, -0.25) is 4.98 Å². The Hall–Kier alpha value is -3.81. The van der Waals surface area contributed by atoms with Gasteiger partial charge in [0.2, 0.25) is 0 Å². The Morgan fingerprint density at radius 3 is 2.55 bits per heavy atom. The Kier molecular flexibility index (Phi) is 6.16. The summed E-state index contributed by atoms with van der Waals surface area (Å²) in [4.78, 5) is 24.0. The monoisotopic (exact) mass is 419 g/mol. The molecule has 1 fully saturated rings. The third-order valence-electron chi connectivity index (χ3n) is 5.13. The molecule has 0 saturated carbocycles. The second-order valence-corrected chi connectivity index (χ2v) is 7.15. The first-order valence-corrected chi connectivity index (χ1v) is 10.1. The van der Waals surface area contributed by atoms with E-state index in [-0.39, 0.29) is 6.03 Å². The van der Waals surface area contributed by atoms with Gasteiger partial charge >= 0.3 is 6.03 Å². The minimum absolute atomic E-state index is 0.386. The first-order chi connectivity index (χ1) is 15.2. The minimum atomic E-state index is -0.386. The number of nitrogens with zero attached hydrogens (tertiary/aromatic N) is 3. The maximum Gasteiger partial charge on any atom is 0.323 e. The first-order valence-electron chi connectivity index (χ1n) is 10.1. The zero-order valence-electron chi connectivity index (χ0n) is 17.6. The van der Waals surface area contributed by atoms with E-state index < -0.39 is 0 Å². The maximum absolute atomic E-state index is 12.6. The second kappa shape index (κ2) is 9.34. The van der Waals surface area contributed by atoms with Crippen LogP contribution in [0.4, 0.5) is 22.0 Å². The molecule has 1 aliphatic heterocycles. The van der Waals surface area contributed by atoms with Crippen molar-refractivity contribution in [1.29, 1.82) is 0 Å². The third kappa shape index (κ3) is 4.69. The van der Waals surface area contributed by atoms with Crippen molar-refractivity contribution in [2.45, 2.75) is 12.8 Å². The Balaban J connectivity index is 1.53. The summed E-state index contributed by atoms with van der Waals surface area (Å²) in [7, 11) is 3.12. The molecule has 31 heavy (non-hydrogen) atoms. The van der Waals surface area contributed by atoms with Crippen LogP contribution in [-0.2, 0) is 0 Å². The number of rotatable bonds is 6.